The van der Waals surface area contributed by atoms with E-state index in [4.69, 9.17) is 18.9 Å². The summed E-state index contributed by atoms with van der Waals surface area (Å²) in [4.78, 5) is 51.3. The van der Waals surface area contributed by atoms with Crippen molar-refractivity contribution in [3.8, 4) is 0 Å². The monoisotopic (exact) mass is 431 g/mol. The highest BCUT2D eigenvalue weighted by molar-refractivity contribution is 5.94. The second-order valence-corrected chi connectivity index (χ2v) is 10.0. The fourth-order valence-corrected chi connectivity index (χ4v) is 2.26. The van der Waals surface area contributed by atoms with Gasteiger partial charge in [0.05, 0.1) is 13.0 Å². The van der Waals surface area contributed by atoms with Gasteiger partial charge >= 0.3 is 24.1 Å². The molecule has 0 radical (unpaired) electrons. The van der Waals surface area contributed by atoms with Crippen LogP contribution in [-0.2, 0) is 28.5 Å². The first-order valence-corrected chi connectivity index (χ1v) is 9.83. The Bertz CT molecular complexity index is 609. The topological polar surface area (TPSA) is 108 Å². The van der Waals surface area contributed by atoms with Crippen LogP contribution in [0.2, 0.25) is 0 Å². The van der Waals surface area contributed by atoms with Gasteiger partial charge in [-0.15, -0.1) is 0 Å². The van der Waals surface area contributed by atoms with Crippen molar-refractivity contribution in [2.45, 2.75) is 98.5 Å². The third-order valence-corrected chi connectivity index (χ3v) is 3.35. The average Bonchev–Trinajstić information content (AvgIpc) is 2.47. The number of amides is 2. The Morgan fingerprint density at radius 3 is 1.37 bits per heavy atom. The number of nitrogens with zero attached hydrogens (tertiary/aromatic N) is 1. The standard InChI is InChI=1S/C21H37NO8/c1-13(15(23)27-11)12-14(16(24)28-19(2,3)4)22(17(25)29-20(5,6)7)18(26)30-21(8,9)10/h13-14H,12H2,1-11H3/t13-,14-/m0/s1. The molecule has 0 aliphatic rings. The zero-order chi connectivity index (χ0) is 24.1. The predicted molar refractivity (Wildman–Crippen MR) is 110 cm³/mol. The van der Waals surface area contributed by atoms with E-state index in [2.05, 4.69) is 0 Å². The van der Waals surface area contributed by atoms with Crippen LogP contribution in [0.4, 0.5) is 9.59 Å². The van der Waals surface area contributed by atoms with Crippen molar-refractivity contribution in [3.63, 3.8) is 0 Å². The van der Waals surface area contributed by atoms with Crippen LogP contribution in [0.25, 0.3) is 0 Å². The molecule has 0 unspecified atom stereocenters. The second kappa shape index (κ2) is 10.1. The maximum absolute atomic E-state index is 13.0. The van der Waals surface area contributed by atoms with Gasteiger partial charge < -0.3 is 18.9 Å². The third kappa shape index (κ3) is 10.5. The molecule has 0 aliphatic carbocycles. The Kier molecular flexibility index (Phi) is 9.34. The van der Waals surface area contributed by atoms with E-state index < -0.39 is 52.9 Å². The molecule has 2 amide bonds. The van der Waals surface area contributed by atoms with E-state index in [9.17, 15) is 19.2 Å². The lowest BCUT2D eigenvalue weighted by Gasteiger charge is -2.34. The largest absolute Gasteiger partial charge is 0.469 e. The van der Waals surface area contributed by atoms with Crippen molar-refractivity contribution < 1.29 is 38.1 Å². The molecule has 0 saturated carbocycles. The van der Waals surface area contributed by atoms with Crippen LogP contribution in [0.5, 0.6) is 0 Å². The van der Waals surface area contributed by atoms with Crippen molar-refractivity contribution in [1.29, 1.82) is 0 Å². The summed E-state index contributed by atoms with van der Waals surface area (Å²) in [5.74, 6) is -2.27. The van der Waals surface area contributed by atoms with Crippen molar-refractivity contribution >= 4 is 24.1 Å². The molecule has 9 nitrogen and oxygen atoms in total. The minimum absolute atomic E-state index is 0.222. The second-order valence-electron chi connectivity index (χ2n) is 10.0. The van der Waals surface area contributed by atoms with Gasteiger partial charge in [-0.25, -0.2) is 14.4 Å². The van der Waals surface area contributed by atoms with E-state index in [1.165, 1.54) is 14.0 Å². The molecule has 174 valence electrons. The number of hydrogen-bond acceptors (Lipinski definition) is 8. The quantitative estimate of drug-likeness (QED) is 0.473. The van der Waals surface area contributed by atoms with E-state index in [1.807, 2.05) is 0 Å². The van der Waals surface area contributed by atoms with Gasteiger partial charge in [0, 0.05) is 0 Å². The number of rotatable bonds is 5. The molecule has 0 fully saturated rings. The van der Waals surface area contributed by atoms with Gasteiger partial charge in [0.15, 0.2) is 0 Å². The minimum atomic E-state index is -1.46. The number of esters is 2. The number of ether oxygens (including phenoxy) is 4. The molecule has 30 heavy (non-hydrogen) atoms. The van der Waals surface area contributed by atoms with Gasteiger partial charge in [0.25, 0.3) is 0 Å². The SMILES string of the molecule is COC(=O)[C@@H](C)C[C@@H](C(=O)OC(C)(C)C)N(C(=O)OC(C)(C)C)C(=O)OC(C)(C)C. The van der Waals surface area contributed by atoms with E-state index in [0.29, 0.717) is 4.90 Å². The number of methoxy groups -OCH3 is 1. The summed E-state index contributed by atoms with van der Waals surface area (Å²) < 4.78 is 20.8. The summed E-state index contributed by atoms with van der Waals surface area (Å²) in [6.07, 6.45) is -2.38. The first-order chi connectivity index (χ1) is 13.3. The molecule has 0 aliphatic heterocycles. The number of carbonyl (C=O) groups excluding carboxylic acids is 4. The first-order valence-electron chi connectivity index (χ1n) is 9.83. The number of imide groups is 1. The highest BCUT2D eigenvalue weighted by Crippen LogP contribution is 2.23. The van der Waals surface area contributed by atoms with Crippen LogP contribution in [0.3, 0.4) is 0 Å². The highest BCUT2D eigenvalue weighted by Gasteiger charge is 2.43. The molecule has 0 N–H and O–H groups in total. The predicted octanol–water partition coefficient (Wildman–Crippen LogP) is 4.07. The van der Waals surface area contributed by atoms with Gasteiger partial charge in [-0.3, -0.25) is 4.79 Å². The highest BCUT2D eigenvalue weighted by atomic mass is 16.6. The molecule has 9 heteroatoms. The van der Waals surface area contributed by atoms with Gasteiger partial charge in [-0.1, -0.05) is 6.92 Å². The van der Waals surface area contributed by atoms with E-state index in [1.54, 1.807) is 62.3 Å². The molecule has 0 aromatic heterocycles. The number of carbonyl (C=O) groups is 4. The Morgan fingerprint density at radius 1 is 0.700 bits per heavy atom. The zero-order valence-corrected chi connectivity index (χ0v) is 20.1. The fourth-order valence-electron chi connectivity index (χ4n) is 2.26. The van der Waals surface area contributed by atoms with E-state index in [0.717, 1.165) is 0 Å². The average molecular weight is 432 g/mol. The lowest BCUT2D eigenvalue weighted by molar-refractivity contribution is -0.162. The molecule has 0 heterocycles. The molecule has 0 rings (SSSR count). The Labute approximate surface area is 179 Å². The van der Waals surface area contributed by atoms with Crippen LogP contribution < -0.4 is 0 Å². The Morgan fingerprint density at radius 2 is 1.07 bits per heavy atom. The van der Waals surface area contributed by atoms with Crippen molar-refractivity contribution in [2.75, 3.05) is 7.11 Å². The van der Waals surface area contributed by atoms with Crippen molar-refractivity contribution in [3.05, 3.63) is 0 Å². The van der Waals surface area contributed by atoms with Gasteiger partial charge in [0.1, 0.15) is 22.8 Å². The lowest BCUT2D eigenvalue weighted by Crippen LogP contribution is -2.54. The summed E-state index contributed by atoms with van der Waals surface area (Å²) >= 11 is 0. The summed E-state index contributed by atoms with van der Waals surface area (Å²) in [7, 11) is 1.21. The smallest absolute Gasteiger partial charge is 0.420 e. The van der Waals surface area contributed by atoms with Crippen LogP contribution in [0.15, 0.2) is 0 Å². The molecule has 0 bridgehead atoms. The van der Waals surface area contributed by atoms with Crippen LogP contribution >= 0.6 is 0 Å². The maximum Gasteiger partial charge on any atom is 0.420 e. The van der Waals surface area contributed by atoms with Crippen molar-refractivity contribution in [1.82, 2.24) is 4.90 Å². The lowest BCUT2D eigenvalue weighted by atomic mass is 10.0. The molecule has 2 atom stereocenters. The molecule has 0 spiro atoms. The molecule has 0 saturated heterocycles. The Balaban J connectivity index is 6.25. The van der Waals surface area contributed by atoms with Gasteiger partial charge in [-0.05, 0) is 68.7 Å². The summed E-state index contributed by atoms with van der Waals surface area (Å²) in [6.45, 7) is 16.2. The Hall–Kier alpha value is -2.32. The molecular weight excluding hydrogens is 394 g/mol. The van der Waals surface area contributed by atoms with Crippen LogP contribution in [-0.4, -0.2) is 59.0 Å². The molecule has 0 aromatic carbocycles. The van der Waals surface area contributed by atoms with E-state index >= 15 is 0 Å². The van der Waals surface area contributed by atoms with Crippen LogP contribution in [0.1, 0.15) is 75.7 Å². The molecular formula is C21H37NO8. The number of hydrogen-bond donors (Lipinski definition) is 0. The zero-order valence-electron chi connectivity index (χ0n) is 20.1. The van der Waals surface area contributed by atoms with Gasteiger partial charge in [-0.2, -0.15) is 4.90 Å². The summed E-state index contributed by atoms with van der Waals surface area (Å²) in [5, 5.41) is 0. The fraction of sp³-hybridized carbons (Fsp3) is 0.810. The molecule has 0 aromatic rings. The summed E-state index contributed by atoms with van der Waals surface area (Å²) in [5.41, 5.74) is -2.77. The van der Waals surface area contributed by atoms with Crippen LogP contribution in [0, 0.1) is 5.92 Å². The summed E-state index contributed by atoms with van der Waals surface area (Å²) in [6, 6.07) is -1.46. The normalized spacial score (nSPS) is 14.2. The maximum atomic E-state index is 13.0. The van der Waals surface area contributed by atoms with E-state index in [-0.39, 0.29) is 6.42 Å². The first kappa shape index (κ1) is 27.7. The third-order valence-electron chi connectivity index (χ3n) is 3.35. The van der Waals surface area contributed by atoms with Gasteiger partial charge in [0.2, 0.25) is 0 Å². The minimum Gasteiger partial charge on any atom is -0.469 e. The van der Waals surface area contributed by atoms with Crippen molar-refractivity contribution in [2.24, 2.45) is 5.92 Å².